The Bertz CT molecular complexity index is 1100. The van der Waals surface area contributed by atoms with Gasteiger partial charge in [-0.25, -0.2) is 0 Å². The number of rotatable bonds is 5. The van der Waals surface area contributed by atoms with E-state index in [9.17, 15) is 5.11 Å². The second-order valence-corrected chi connectivity index (χ2v) is 7.93. The van der Waals surface area contributed by atoms with Crippen molar-refractivity contribution in [2.75, 3.05) is 52.3 Å². The number of piperazine rings is 1. The number of aromatic hydroxyl groups is 1. The van der Waals surface area contributed by atoms with Gasteiger partial charge in [-0.15, -0.1) is 0 Å². The summed E-state index contributed by atoms with van der Waals surface area (Å²) < 4.78 is 12.8. The van der Waals surface area contributed by atoms with E-state index in [1.165, 1.54) is 30.8 Å². The van der Waals surface area contributed by atoms with Crippen molar-refractivity contribution < 1.29 is 43.1 Å². The van der Waals surface area contributed by atoms with Gasteiger partial charge in [0.05, 0.1) is 25.3 Å². The molecule has 1 aliphatic heterocycles. The zero-order valence-electron chi connectivity index (χ0n) is 19.0. The maximum Gasteiger partial charge on any atom is 0.214 e. The van der Waals surface area contributed by atoms with Gasteiger partial charge in [-0.3, -0.25) is 0 Å². The summed E-state index contributed by atoms with van der Waals surface area (Å²) in [5.41, 5.74) is 4.45. The molecule has 1 aromatic heterocycles. The number of pyridine rings is 1. The van der Waals surface area contributed by atoms with E-state index in [1.807, 2.05) is 6.08 Å². The predicted molar refractivity (Wildman–Crippen MR) is 125 cm³/mol. The first kappa shape index (κ1) is 24.1. The topological polar surface area (TPSA) is 49.0 Å². The first-order valence-electron chi connectivity index (χ1n) is 10.5. The monoisotopic (exact) mass is 547 g/mol. The highest BCUT2D eigenvalue weighted by Gasteiger charge is 2.21. The molecule has 2 heterocycles. The molecule has 0 unspecified atom stereocenters. The standard InChI is InChI=1S/C25H29N3O3.HI/c1-26-11-13-28(14-12-26)22-17-19(27(2)21-8-6-5-7-20(21)22)10-9-18-15-23(30-3)25(29)24(16-18)31-4;/h5-10,15-17H,11-14H2,1-4H3;1H. The van der Waals surface area contributed by atoms with Crippen LogP contribution in [-0.4, -0.2) is 57.5 Å². The molecule has 7 heteroatoms. The minimum absolute atomic E-state index is 0. The van der Waals surface area contributed by atoms with Gasteiger partial charge in [-0.1, -0.05) is 12.1 Å². The number of methoxy groups -OCH3 is 2. The maximum absolute atomic E-state index is 10.2. The smallest absolute Gasteiger partial charge is 0.214 e. The summed E-state index contributed by atoms with van der Waals surface area (Å²) in [6.07, 6.45) is 4.11. The van der Waals surface area contributed by atoms with Gasteiger partial charge < -0.3 is 48.4 Å². The molecule has 32 heavy (non-hydrogen) atoms. The highest BCUT2D eigenvalue weighted by atomic mass is 127. The quantitative estimate of drug-likeness (QED) is 0.369. The lowest BCUT2D eigenvalue weighted by molar-refractivity contribution is -0.646. The fourth-order valence-electron chi connectivity index (χ4n) is 4.10. The van der Waals surface area contributed by atoms with Gasteiger partial charge in [-0.2, -0.15) is 4.57 Å². The number of para-hydroxylation sites is 1. The second kappa shape index (κ2) is 10.4. The number of likely N-dealkylation sites (N-methyl/N-ethyl adjacent to an activating group) is 1. The van der Waals surface area contributed by atoms with E-state index in [2.05, 4.69) is 64.9 Å². The number of aryl methyl sites for hydroxylation is 1. The van der Waals surface area contributed by atoms with Gasteiger partial charge >= 0.3 is 0 Å². The van der Waals surface area contributed by atoms with Crippen LogP contribution >= 0.6 is 0 Å². The first-order valence-corrected chi connectivity index (χ1v) is 10.5. The minimum Gasteiger partial charge on any atom is -1.00 e. The maximum atomic E-state index is 10.2. The number of phenols is 1. The Labute approximate surface area is 206 Å². The lowest BCUT2D eigenvalue weighted by Crippen LogP contribution is -3.00. The second-order valence-electron chi connectivity index (χ2n) is 7.93. The van der Waals surface area contributed by atoms with Crippen LogP contribution in [0.15, 0.2) is 42.5 Å². The first-order chi connectivity index (χ1) is 15.0. The molecule has 1 saturated heterocycles. The molecular weight excluding hydrogens is 517 g/mol. The van der Waals surface area contributed by atoms with Crippen LogP contribution in [0.1, 0.15) is 11.3 Å². The number of halogens is 1. The van der Waals surface area contributed by atoms with E-state index < -0.39 is 0 Å². The summed E-state index contributed by atoms with van der Waals surface area (Å²) in [5, 5.41) is 11.4. The minimum atomic E-state index is 0. The van der Waals surface area contributed by atoms with Gasteiger partial charge in [0.15, 0.2) is 11.5 Å². The van der Waals surface area contributed by atoms with Crippen molar-refractivity contribution in [1.82, 2.24) is 4.90 Å². The Balaban J connectivity index is 0.00000289. The van der Waals surface area contributed by atoms with Crippen LogP contribution in [0.5, 0.6) is 17.2 Å². The fourth-order valence-corrected chi connectivity index (χ4v) is 4.10. The fraction of sp³-hybridized carbons (Fsp3) is 0.320. The van der Waals surface area contributed by atoms with Gasteiger partial charge in [0, 0.05) is 44.4 Å². The Morgan fingerprint density at radius 1 is 0.938 bits per heavy atom. The number of benzene rings is 2. The van der Waals surface area contributed by atoms with Gasteiger partial charge in [0.2, 0.25) is 17.0 Å². The number of anilines is 1. The molecule has 0 saturated carbocycles. The molecule has 0 radical (unpaired) electrons. The van der Waals surface area contributed by atoms with Crippen LogP contribution in [0.2, 0.25) is 0 Å². The third kappa shape index (κ3) is 4.78. The molecule has 4 rings (SSSR count). The Kier molecular flexibility index (Phi) is 7.84. The third-order valence-corrected chi connectivity index (χ3v) is 6.01. The molecule has 1 fully saturated rings. The lowest BCUT2D eigenvalue weighted by atomic mass is 10.1. The molecule has 170 valence electrons. The zero-order chi connectivity index (χ0) is 22.0. The van der Waals surface area contributed by atoms with E-state index >= 15 is 0 Å². The van der Waals surface area contributed by atoms with Crippen molar-refractivity contribution in [3.8, 4) is 17.2 Å². The molecular formula is C25H30IN3O3. The molecule has 0 bridgehead atoms. The highest BCUT2D eigenvalue weighted by Crippen LogP contribution is 2.37. The number of phenolic OH excluding ortho intramolecular Hbond substituents is 1. The molecule has 0 atom stereocenters. The Morgan fingerprint density at radius 2 is 1.56 bits per heavy atom. The van der Waals surface area contributed by atoms with Gasteiger partial charge in [-0.05, 0) is 36.9 Å². The highest BCUT2D eigenvalue weighted by molar-refractivity contribution is 5.91. The van der Waals surface area contributed by atoms with Crippen molar-refractivity contribution in [3.63, 3.8) is 0 Å². The molecule has 0 spiro atoms. The lowest BCUT2D eigenvalue weighted by Gasteiger charge is -2.34. The Hall–Kier alpha value is -2.52. The van der Waals surface area contributed by atoms with Crippen molar-refractivity contribution in [3.05, 3.63) is 53.7 Å². The summed E-state index contributed by atoms with van der Waals surface area (Å²) in [7, 11) is 7.34. The van der Waals surface area contributed by atoms with Gasteiger partial charge in [0.25, 0.3) is 0 Å². The number of hydrogen-bond donors (Lipinski definition) is 1. The van der Waals surface area contributed by atoms with Crippen LogP contribution in [0.25, 0.3) is 23.1 Å². The summed E-state index contributed by atoms with van der Waals surface area (Å²) >= 11 is 0. The zero-order valence-corrected chi connectivity index (χ0v) is 21.2. The van der Waals surface area contributed by atoms with Crippen LogP contribution in [0.3, 0.4) is 0 Å². The molecule has 1 N–H and O–H groups in total. The van der Waals surface area contributed by atoms with Crippen molar-refractivity contribution >= 4 is 28.7 Å². The Morgan fingerprint density at radius 3 is 2.19 bits per heavy atom. The largest absolute Gasteiger partial charge is 1.00 e. The van der Waals surface area contributed by atoms with E-state index in [0.717, 1.165) is 37.4 Å². The van der Waals surface area contributed by atoms with Crippen LogP contribution in [-0.2, 0) is 7.05 Å². The molecule has 0 aliphatic carbocycles. The van der Waals surface area contributed by atoms with Crippen molar-refractivity contribution in [1.29, 1.82) is 0 Å². The number of nitrogens with zero attached hydrogens (tertiary/aromatic N) is 3. The average Bonchev–Trinajstić information content (AvgIpc) is 2.80. The van der Waals surface area contributed by atoms with Gasteiger partial charge in [0.1, 0.15) is 7.05 Å². The molecule has 3 aromatic rings. The number of ether oxygens (including phenoxy) is 2. The molecule has 0 amide bonds. The van der Waals surface area contributed by atoms with E-state index in [-0.39, 0.29) is 29.7 Å². The molecule has 6 nitrogen and oxygen atoms in total. The van der Waals surface area contributed by atoms with E-state index in [1.54, 1.807) is 12.1 Å². The van der Waals surface area contributed by atoms with Crippen molar-refractivity contribution in [2.45, 2.75) is 0 Å². The SMILES string of the molecule is COc1cc(/C=C/c2cc(N3CCN(C)CC3)c3ccccc3[n+]2C)cc(OC)c1O.[I-]. The van der Waals surface area contributed by atoms with Crippen molar-refractivity contribution in [2.24, 2.45) is 7.05 Å². The number of hydrogen-bond acceptors (Lipinski definition) is 5. The van der Waals surface area contributed by atoms with E-state index in [0.29, 0.717) is 11.5 Å². The van der Waals surface area contributed by atoms with Crippen LogP contribution in [0, 0.1) is 0 Å². The summed E-state index contributed by atoms with van der Waals surface area (Å²) in [4.78, 5) is 4.85. The number of fused-ring (bicyclic) bond motifs is 1. The summed E-state index contributed by atoms with van der Waals surface area (Å²) in [6, 6.07) is 14.4. The predicted octanol–water partition coefficient (Wildman–Crippen LogP) is 0.313. The third-order valence-electron chi connectivity index (χ3n) is 6.01. The average molecular weight is 547 g/mol. The van der Waals surface area contributed by atoms with E-state index in [4.69, 9.17) is 9.47 Å². The summed E-state index contributed by atoms with van der Waals surface area (Å²) in [5.74, 6) is 0.788. The molecule has 2 aromatic carbocycles. The summed E-state index contributed by atoms with van der Waals surface area (Å²) in [6.45, 7) is 4.16. The normalized spacial score (nSPS) is 14.6. The van der Waals surface area contributed by atoms with Crippen LogP contribution < -0.4 is 42.9 Å². The van der Waals surface area contributed by atoms with Crippen LogP contribution in [0.4, 0.5) is 5.69 Å². The molecule has 1 aliphatic rings. The number of aromatic nitrogens is 1.